The number of hydrogen-bond donors (Lipinski definition) is 2. The lowest BCUT2D eigenvalue weighted by Crippen LogP contribution is -2.66. The van der Waals surface area contributed by atoms with Gasteiger partial charge in [-0.3, -0.25) is 24.4 Å². The lowest BCUT2D eigenvalue weighted by molar-refractivity contribution is -0.147. The zero-order valence-electron chi connectivity index (χ0n) is 39.8. The molecule has 2 N–H and O–H groups in total. The lowest BCUT2D eigenvalue weighted by Gasteiger charge is -2.42. The van der Waals surface area contributed by atoms with Crippen molar-refractivity contribution in [1.29, 1.82) is 0 Å². The molecule has 2 fully saturated rings. The zero-order valence-corrected chi connectivity index (χ0v) is 40.6. The molecule has 2 saturated heterocycles. The molecule has 4 aromatic rings. The molecule has 0 spiro atoms. The molecular weight excluding hydrogens is 859 g/mol. The smallest absolute Gasteiger partial charge is 0.320 e. The number of hydrazine groups is 1. The van der Waals surface area contributed by atoms with E-state index in [9.17, 15) is 24.0 Å². The summed E-state index contributed by atoms with van der Waals surface area (Å²) in [6.07, 6.45) is 5.89. The van der Waals surface area contributed by atoms with Crippen LogP contribution in [0, 0.1) is 11.3 Å². The second-order valence-corrected chi connectivity index (χ2v) is 20.2. The Labute approximate surface area is 391 Å². The highest BCUT2D eigenvalue weighted by molar-refractivity contribution is 7.10. The van der Waals surface area contributed by atoms with Crippen molar-refractivity contribution in [3.63, 3.8) is 0 Å². The number of thiazole rings is 1. The Morgan fingerprint density at radius 3 is 2.62 bits per heavy atom. The lowest BCUT2D eigenvalue weighted by atomic mass is 9.84. The molecule has 0 aliphatic carbocycles. The van der Waals surface area contributed by atoms with E-state index in [0.29, 0.717) is 56.9 Å². The van der Waals surface area contributed by atoms with E-state index in [-0.39, 0.29) is 43.0 Å². The molecule has 16 nitrogen and oxygen atoms in total. The largest absolute Gasteiger partial charge is 0.378 e. The van der Waals surface area contributed by atoms with Gasteiger partial charge in [-0.1, -0.05) is 40.3 Å². The molecule has 1 aromatic carbocycles. The summed E-state index contributed by atoms with van der Waals surface area (Å²) in [6, 6.07) is 7.82. The summed E-state index contributed by atoms with van der Waals surface area (Å²) >= 11 is 1.40. The number of fused-ring (bicyclic) bond motifs is 6. The van der Waals surface area contributed by atoms with E-state index in [4.69, 9.17) is 19.4 Å². The molecule has 6 heterocycles. The van der Waals surface area contributed by atoms with E-state index in [1.807, 2.05) is 32.2 Å². The van der Waals surface area contributed by atoms with Crippen molar-refractivity contribution < 1.29 is 33.4 Å². The highest BCUT2D eigenvalue weighted by Gasteiger charge is 2.42. The Morgan fingerprint density at radius 1 is 1.14 bits per heavy atom. The Bertz CT molecular complexity index is 2480. The number of urea groups is 1. The standard InChI is InChI=1S/C49H65N9O7S/c1-11-41(60)54(7)33-17-21-57(25-33)47(63)56(9)43(30(2)3)45(61)52-37-23-40-51-38(26-66-40)32-15-16-39-35(22-32)36(44(55(39)8)34-14-12-19-50-42(34)31(4)64-10)24-48(5,6)28-65-29-49(27-59)18-13-20-58(53-49)46(37)62/h11-12,14-16,19,22,26-27,30-31,33,37,43,53H,1,13,17-18,20-21,23-25,28-29H2,2-10H3,(H,52,61)/t31-,33-,37-,43-,49?/m0/s1. The minimum absolute atomic E-state index is 0.0262. The molecule has 354 valence electrons. The molecule has 6 bridgehead atoms. The van der Waals surface area contributed by atoms with Gasteiger partial charge in [0.2, 0.25) is 11.8 Å². The predicted octanol–water partition coefficient (Wildman–Crippen LogP) is 5.56. The van der Waals surface area contributed by atoms with Gasteiger partial charge < -0.3 is 38.9 Å². The van der Waals surface area contributed by atoms with Crippen molar-refractivity contribution in [2.45, 2.75) is 96.5 Å². The number of pyridine rings is 1. The number of likely N-dealkylation sites (tertiary alicyclic amines) is 1. The van der Waals surface area contributed by atoms with Crippen LogP contribution in [0.25, 0.3) is 33.4 Å². The summed E-state index contributed by atoms with van der Waals surface area (Å²) in [4.78, 5) is 83.1. The summed E-state index contributed by atoms with van der Waals surface area (Å²) in [5, 5.41) is 8.12. The van der Waals surface area contributed by atoms with Gasteiger partial charge in [-0.25, -0.2) is 15.2 Å². The molecule has 5 amide bonds. The fourth-order valence-corrected chi connectivity index (χ4v) is 10.6. The number of hydrogen-bond acceptors (Lipinski definition) is 11. The number of likely N-dealkylation sites (N-methyl/N-ethyl adjacent to an activating group) is 2. The third kappa shape index (κ3) is 9.80. The average molecular weight is 924 g/mol. The Morgan fingerprint density at radius 2 is 1.91 bits per heavy atom. The van der Waals surface area contributed by atoms with Gasteiger partial charge in [-0.15, -0.1) is 11.3 Å². The summed E-state index contributed by atoms with van der Waals surface area (Å²) in [5.41, 5.74) is 8.27. The number of ether oxygens (including phenoxy) is 2. The highest BCUT2D eigenvalue weighted by Crippen LogP contribution is 2.41. The number of nitrogens with zero attached hydrogens (tertiary/aromatic N) is 7. The summed E-state index contributed by atoms with van der Waals surface area (Å²) in [6.45, 7) is 15.0. The molecule has 3 aliphatic rings. The highest BCUT2D eigenvalue weighted by atomic mass is 32.1. The number of aldehydes is 1. The van der Waals surface area contributed by atoms with E-state index in [1.54, 1.807) is 37.2 Å². The van der Waals surface area contributed by atoms with Crippen molar-refractivity contribution >= 4 is 52.3 Å². The van der Waals surface area contributed by atoms with Crippen LogP contribution in [0.4, 0.5) is 4.79 Å². The predicted molar refractivity (Wildman–Crippen MR) is 254 cm³/mol. The fraction of sp³-hybridized carbons (Fsp3) is 0.531. The topological polar surface area (TPSA) is 172 Å². The number of nitrogens with one attached hydrogen (secondary N) is 2. The van der Waals surface area contributed by atoms with Gasteiger partial charge in [0.05, 0.1) is 47.4 Å². The maximum Gasteiger partial charge on any atom is 0.320 e. The molecular formula is C49H65N9O7S. The number of carbonyl (C=O) groups excluding carboxylic acids is 5. The summed E-state index contributed by atoms with van der Waals surface area (Å²) in [5.74, 6) is -1.47. The normalized spacial score (nSPS) is 22.1. The van der Waals surface area contributed by atoms with E-state index < -0.39 is 34.9 Å². The van der Waals surface area contributed by atoms with Gasteiger partial charge in [0, 0.05) is 87.9 Å². The Kier molecular flexibility index (Phi) is 14.5. The van der Waals surface area contributed by atoms with Crippen LogP contribution in [0.1, 0.15) is 76.3 Å². The number of aromatic nitrogens is 3. The molecule has 66 heavy (non-hydrogen) atoms. The minimum atomic E-state index is -1.19. The maximum atomic E-state index is 14.8. The number of methoxy groups -OCH3 is 1. The van der Waals surface area contributed by atoms with E-state index in [0.717, 1.165) is 51.0 Å². The van der Waals surface area contributed by atoms with E-state index in [1.165, 1.54) is 27.3 Å². The molecule has 1 unspecified atom stereocenters. The van der Waals surface area contributed by atoms with Crippen LogP contribution in [0.2, 0.25) is 0 Å². The van der Waals surface area contributed by atoms with E-state index >= 15 is 0 Å². The maximum absolute atomic E-state index is 14.8. The van der Waals surface area contributed by atoms with Crippen LogP contribution < -0.4 is 10.7 Å². The molecule has 0 saturated carbocycles. The van der Waals surface area contributed by atoms with Crippen LogP contribution in [-0.4, -0.2) is 142 Å². The molecule has 5 atom stereocenters. The van der Waals surface area contributed by atoms with Crippen LogP contribution >= 0.6 is 11.3 Å². The van der Waals surface area contributed by atoms with Crippen molar-refractivity contribution in [3.05, 3.63) is 70.8 Å². The number of benzene rings is 1. The summed E-state index contributed by atoms with van der Waals surface area (Å²) < 4.78 is 14.5. The number of rotatable bonds is 10. The number of amides is 5. The van der Waals surface area contributed by atoms with Crippen molar-refractivity contribution in [1.82, 2.24) is 45.0 Å². The number of aryl methyl sites for hydroxylation is 1. The minimum Gasteiger partial charge on any atom is -0.378 e. The van der Waals surface area contributed by atoms with Crippen LogP contribution in [0.15, 0.2) is 54.6 Å². The van der Waals surface area contributed by atoms with Crippen molar-refractivity contribution in [3.8, 4) is 22.5 Å². The third-order valence-electron chi connectivity index (χ3n) is 13.5. The van der Waals surface area contributed by atoms with Crippen molar-refractivity contribution in [2.24, 2.45) is 18.4 Å². The van der Waals surface area contributed by atoms with Gasteiger partial charge in [0.1, 0.15) is 23.9 Å². The average Bonchev–Trinajstić information content (AvgIpc) is 4.05. The first-order valence-corrected chi connectivity index (χ1v) is 23.7. The van der Waals surface area contributed by atoms with Gasteiger partial charge >= 0.3 is 6.03 Å². The van der Waals surface area contributed by atoms with Gasteiger partial charge in [0.15, 0.2) is 0 Å². The molecule has 3 aromatic heterocycles. The first-order chi connectivity index (χ1) is 31.4. The number of carbonyl (C=O) groups is 5. The second kappa shape index (κ2) is 19.8. The fourth-order valence-electron chi connectivity index (χ4n) is 9.80. The Balaban J connectivity index is 1.25. The van der Waals surface area contributed by atoms with Gasteiger partial charge in [0.25, 0.3) is 5.91 Å². The van der Waals surface area contributed by atoms with Crippen LogP contribution in [0.3, 0.4) is 0 Å². The zero-order chi connectivity index (χ0) is 47.7. The SMILES string of the molecule is C=CC(=O)N(C)[C@H]1CCN(C(=O)N(C)[C@H](C(=O)N[C@H]2Cc3nc(cs3)-c3ccc4c(c3)c(c(-c3cccnc3[C@H](C)OC)n4C)CC(C)(C)COCC3(C=O)CCCN(N3)C2=O)C(C)C)C1. The molecule has 7 rings (SSSR count). The first-order valence-electron chi connectivity index (χ1n) is 22.8. The van der Waals surface area contributed by atoms with Gasteiger partial charge in [-0.05, 0) is 79.8 Å². The quantitative estimate of drug-likeness (QED) is 0.152. The third-order valence-corrected chi connectivity index (χ3v) is 14.3. The molecule has 17 heteroatoms. The molecule has 0 radical (unpaired) electrons. The monoisotopic (exact) mass is 923 g/mol. The van der Waals surface area contributed by atoms with Crippen LogP contribution in [0.5, 0.6) is 0 Å². The van der Waals surface area contributed by atoms with E-state index in [2.05, 4.69) is 67.0 Å². The van der Waals surface area contributed by atoms with Gasteiger partial charge in [-0.2, -0.15) is 0 Å². The van der Waals surface area contributed by atoms with Crippen LogP contribution in [-0.2, 0) is 48.5 Å². The second-order valence-electron chi connectivity index (χ2n) is 19.3. The molecule has 3 aliphatic heterocycles. The first kappa shape index (κ1) is 48.4. The summed E-state index contributed by atoms with van der Waals surface area (Å²) in [7, 11) is 7.04. The Hall–Kier alpha value is -5.49. The van der Waals surface area contributed by atoms with Crippen molar-refractivity contribution in [2.75, 3.05) is 54.1 Å².